The second kappa shape index (κ2) is 5.96. The lowest BCUT2D eigenvalue weighted by atomic mass is 10.0. The summed E-state index contributed by atoms with van der Waals surface area (Å²) in [6, 6.07) is 9.68. The number of carbonyl (C=O) groups is 1. The Balaban J connectivity index is 2.00. The average Bonchev–Trinajstić information content (AvgIpc) is 2.45. The maximum Gasteiger partial charge on any atom is 0.252 e. The zero-order valence-electron chi connectivity index (χ0n) is 10.6. The fraction of sp³-hybridized carbons (Fsp3) is 0.250. The van der Waals surface area contributed by atoms with Crippen LogP contribution < -0.4 is 22.0 Å². The van der Waals surface area contributed by atoms with Crippen LogP contribution in [0.2, 0.25) is 0 Å². The summed E-state index contributed by atoms with van der Waals surface area (Å²) in [7, 11) is 0. The van der Waals surface area contributed by atoms with Crippen LogP contribution in [0.1, 0.15) is 12.5 Å². The van der Waals surface area contributed by atoms with E-state index in [1.54, 1.807) is 0 Å². The fourth-order valence-corrected chi connectivity index (χ4v) is 1.65. The quantitative estimate of drug-likeness (QED) is 0.529. The zero-order chi connectivity index (χ0) is 13.7. The van der Waals surface area contributed by atoms with Gasteiger partial charge in [-0.1, -0.05) is 30.3 Å². The number of guanidine groups is 1. The van der Waals surface area contributed by atoms with Gasteiger partial charge in [0.05, 0.1) is 18.3 Å². The van der Waals surface area contributed by atoms with Gasteiger partial charge in [-0.05, 0) is 12.5 Å². The van der Waals surface area contributed by atoms with Crippen molar-refractivity contribution < 1.29 is 4.79 Å². The first-order valence-corrected chi connectivity index (χ1v) is 5.92. The average molecular weight is 260 g/mol. The van der Waals surface area contributed by atoms with Gasteiger partial charge in [-0.3, -0.25) is 15.6 Å². The molecule has 1 aromatic carbocycles. The minimum absolute atomic E-state index is 0.0889. The Morgan fingerprint density at radius 2 is 2.16 bits per heavy atom. The van der Waals surface area contributed by atoms with Gasteiger partial charge in [0.15, 0.2) is 0 Å². The van der Waals surface area contributed by atoms with E-state index in [0.717, 1.165) is 11.3 Å². The molecule has 7 nitrogen and oxygen atoms in total. The van der Waals surface area contributed by atoms with Crippen molar-refractivity contribution in [2.75, 3.05) is 6.54 Å². The number of benzene rings is 1. The molecule has 0 fully saturated rings. The number of nitrogens with two attached hydrogens (primary N) is 1. The SMILES string of the molecule is CC1N=C(NNC(=O)CN)NN=C1c1ccccc1. The molecular formula is C12H16N6O. The number of hydrazine groups is 1. The first-order chi connectivity index (χ1) is 9.20. The monoisotopic (exact) mass is 260 g/mol. The number of aliphatic imine (C=N–C) groups is 1. The summed E-state index contributed by atoms with van der Waals surface area (Å²) in [5.41, 5.74) is 14.8. The number of nitrogens with one attached hydrogen (secondary N) is 3. The molecule has 1 heterocycles. The van der Waals surface area contributed by atoms with E-state index in [1.807, 2.05) is 37.3 Å². The lowest BCUT2D eigenvalue weighted by molar-refractivity contribution is -0.120. The van der Waals surface area contributed by atoms with Crippen molar-refractivity contribution in [3.63, 3.8) is 0 Å². The number of amides is 1. The highest BCUT2D eigenvalue weighted by Crippen LogP contribution is 2.09. The molecule has 0 saturated heterocycles. The van der Waals surface area contributed by atoms with E-state index in [-0.39, 0.29) is 18.5 Å². The lowest BCUT2D eigenvalue weighted by Gasteiger charge is -2.20. The van der Waals surface area contributed by atoms with E-state index in [4.69, 9.17) is 5.73 Å². The molecular weight excluding hydrogens is 244 g/mol. The smallest absolute Gasteiger partial charge is 0.252 e. The fourth-order valence-electron chi connectivity index (χ4n) is 1.65. The van der Waals surface area contributed by atoms with E-state index < -0.39 is 0 Å². The highest BCUT2D eigenvalue weighted by atomic mass is 16.2. The predicted octanol–water partition coefficient (Wildman–Crippen LogP) is -0.682. The molecule has 1 atom stereocenters. The van der Waals surface area contributed by atoms with Gasteiger partial charge in [0.2, 0.25) is 5.96 Å². The lowest BCUT2D eigenvalue weighted by Crippen LogP contribution is -2.50. The molecule has 19 heavy (non-hydrogen) atoms. The highest BCUT2D eigenvalue weighted by Gasteiger charge is 2.17. The zero-order valence-corrected chi connectivity index (χ0v) is 10.6. The molecule has 0 aromatic heterocycles. The Hall–Kier alpha value is -2.41. The van der Waals surface area contributed by atoms with Gasteiger partial charge in [-0.2, -0.15) is 5.10 Å². The van der Waals surface area contributed by atoms with Gasteiger partial charge >= 0.3 is 0 Å². The number of nitrogens with zero attached hydrogens (tertiary/aromatic N) is 2. The molecule has 1 aliphatic rings. The molecule has 0 bridgehead atoms. The number of hydrazone groups is 1. The largest absolute Gasteiger partial charge is 0.322 e. The summed E-state index contributed by atoms with van der Waals surface area (Å²) in [5, 5.41) is 4.26. The summed E-state index contributed by atoms with van der Waals surface area (Å²) >= 11 is 0. The maximum absolute atomic E-state index is 11.0. The predicted molar refractivity (Wildman–Crippen MR) is 73.3 cm³/mol. The van der Waals surface area contributed by atoms with Crippen molar-refractivity contribution in [1.29, 1.82) is 0 Å². The van der Waals surface area contributed by atoms with Crippen LogP contribution in [0.15, 0.2) is 40.4 Å². The molecule has 0 spiro atoms. The van der Waals surface area contributed by atoms with Crippen LogP contribution in [0.5, 0.6) is 0 Å². The van der Waals surface area contributed by atoms with E-state index in [0.29, 0.717) is 5.96 Å². The molecule has 1 unspecified atom stereocenters. The van der Waals surface area contributed by atoms with E-state index >= 15 is 0 Å². The first kappa shape index (κ1) is 13.0. The summed E-state index contributed by atoms with van der Waals surface area (Å²) in [5.74, 6) is 0.0592. The van der Waals surface area contributed by atoms with Crippen molar-refractivity contribution in [3.8, 4) is 0 Å². The molecule has 7 heteroatoms. The number of hydrogen-bond acceptors (Lipinski definition) is 6. The van der Waals surface area contributed by atoms with Crippen LogP contribution in [0, 0.1) is 0 Å². The number of carbonyl (C=O) groups excluding carboxylic acids is 1. The molecule has 0 aliphatic carbocycles. The van der Waals surface area contributed by atoms with Crippen molar-refractivity contribution in [1.82, 2.24) is 16.3 Å². The molecule has 0 radical (unpaired) electrons. The van der Waals surface area contributed by atoms with E-state index in [9.17, 15) is 4.79 Å². The Labute approximate surface area is 110 Å². The van der Waals surface area contributed by atoms with Crippen LogP contribution in [0.3, 0.4) is 0 Å². The molecule has 1 amide bonds. The minimum Gasteiger partial charge on any atom is -0.322 e. The molecule has 1 aliphatic heterocycles. The Morgan fingerprint density at radius 3 is 2.79 bits per heavy atom. The van der Waals surface area contributed by atoms with Crippen LogP contribution in [-0.4, -0.2) is 30.2 Å². The van der Waals surface area contributed by atoms with E-state index in [2.05, 4.69) is 26.4 Å². The second-order valence-electron chi connectivity index (χ2n) is 4.01. The normalized spacial score (nSPS) is 17.9. The Morgan fingerprint density at radius 1 is 1.42 bits per heavy atom. The molecule has 100 valence electrons. The van der Waals surface area contributed by atoms with Crippen molar-refractivity contribution in [3.05, 3.63) is 35.9 Å². The molecule has 0 saturated carbocycles. The summed E-state index contributed by atoms with van der Waals surface area (Å²) < 4.78 is 0. The van der Waals surface area contributed by atoms with Crippen LogP contribution >= 0.6 is 0 Å². The molecule has 5 N–H and O–H groups in total. The maximum atomic E-state index is 11.0. The minimum atomic E-state index is -0.324. The Kier molecular flexibility index (Phi) is 4.09. The third-order valence-electron chi connectivity index (χ3n) is 2.58. The Bertz CT molecular complexity index is 510. The summed E-state index contributed by atoms with van der Waals surface area (Å²) in [6.45, 7) is 1.84. The number of hydrogen-bond donors (Lipinski definition) is 4. The third-order valence-corrected chi connectivity index (χ3v) is 2.58. The van der Waals surface area contributed by atoms with Gasteiger partial charge in [-0.25, -0.2) is 10.4 Å². The van der Waals surface area contributed by atoms with E-state index in [1.165, 1.54) is 0 Å². The van der Waals surface area contributed by atoms with Crippen molar-refractivity contribution in [2.24, 2.45) is 15.8 Å². The van der Waals surface area contributed by atoms with Gasteiger partial charge in [-0.15, -0.1) is 0 Å². The number of rotatable bonds is 2. The van der Waals surface area contributed by atoms with Crippen molar-refractivity contribution in [2.45, 2.75) is 13.0 Å². The third kappa shape index (κ3) is 3.29. The molecule has 2 rings (SSSR count). The summed E-state index contributed by atoms with van der Waals surface area (Å²) in [4.78, 5) is 15.4. The van der Waals surface area contributed by atoms with Crippen LogP contribution in [0.4, 0.5) is 0 Å². The second-order valence-corrected chi connectivity index (χ2v) is 4.01. The van der Waals surface area contributed by atoms with Crippen LogP contribution in [-0.2, 0) is 4.79 Å². The highest BCUT2D eigenvalue weighted by molar-refractivity contribution is 6.07. The van der Waals surface area contributed by atoms with Gasteiger partial charge < -0.3 is 5.73 Å². The summed E-state index contributed by atoms with van der Waals surface area (Å²) in [6.07, 6.45) is 0. The molecule has 1 aromatic rings. The first-order valence-electron chi connectivity index (χ1n) is 5.92. The van der Waals surface area contributed by atoms with Gasteiger partial charge in [0.25, 0.3) is 5.91 Å². The topological polar surface area (TPSA) is 104 Å². The van der Waals surface area contributed by atoms with Gasteiger partial charge in [0, 0.05) is 0 Å². The standard InChI is InChI=1S/C12H16N6O/c1-8-11(9-5-3-2-4-6-9)16-18-12(14-8)17-15-10(19)7-13/h2-6,8H,7,13H2,1H3,(H,15,19)(H2,14,17,18). The van der Waals surface area contributed by atoms with Crippen LogP contribution in [0.25, 0.3) is 0 Å². The van der Waals surface area contributed by atoms with Crippen molar-refractivity contribution >= 4 is 17.6 Å². The van der Waals surface area contributed by atoms with Gasteiger partial charge in [0.1, 0.15) is 0 Å².